The topological polar surface area (TPSA) is 77.1 Å². The van der Waals surface area contributed by atoms with Crippen LogP contribution in [0.25, 0.3) is 11.0 Å². The highest BCUT2D eigenvalue weighted by molar-refractivity contribution is 5.93. The van der Waals surface area contributed by atoms with Gasteiger partial charge >= 0.3 is 5.97 Å². The van der Waals surface area contributed by atoms with Crippen LogP contribution >= 0.6 is 0 Å². The lowest BCUT2D eigenvalue weighted by molar-refractivity contribution is 0.0152. The van der Waals surface area contributed by atoms with E-state index in [1.807, 2.05) is 32.0 Å². The van der Waals surface area contributed by atoms with Crippen molar-refractivity contribution in [3.05, 3.63) is 53.1 Å². The van der Waals surface area contributed by atoms with Crippen molar-refractivity contribution in [2.45, 2.75) is 13.8 Å². The molecule has 112 valence electrons. The van der Waals surface area contributed by atoms with Gasteiger partial charge in [0, 0.05) is 0 Å². The van der Waals surface area contributed by atoms with Crippen molar-refractivity contribution in [3.63, 3.8) is 0 Å². The van der Waals surface area contributed by atoms with Gasteiger partial charge in [-0.25, -0.2) is 4.79 Å². The first-order valence-electron chi connectivity index (χ1n) is 6.81. The number of nitrogens with one attached hydrogen (secondary N) is 1. The molecule has 0 atom stereocenters. The molecule has 0 amide bonds. The van der Waals surface area contributed by atoms with E-state index in [9.17, 15) is 4.79 Å². The molecule has 1 N–H and O–H groups in total. The molecule has 1 aromatic heterocycles. The zero-order valence-corrected chi connectivity index (χ0v) is 12.3. The Bertz CT molecular complexity index is 826. The van der Waals surface area contributed by atoms with Gasteiger partial charge in [0.2, 0.25) is 6.79 Å². The van der Waals surface area contributed by atoms with E-state index in [1.54, 1.807) is 18.2 Å². The van der Waals surface area contributed by atoms with Crippen molar-refractivity contribution in [2.75, 3.05) is 6.79 Å². The largest absolute Gasteiger partial charge is 0.457 e. The molecule has 3 aromatic rings. The molecule has 0 aliphatic carbocycles. The van der Waals surface area contributed by atoms with Crippen LogP contribution in [0.4, 0.5) is 0 Å². The maximum atomic E-state index is 12.0. The number of H-pyrrole nitrogens is 1. The summed E-state index contributed by atoms with van der Waals surface area (Å²) in [5.41, 5.74) is 3.88. The Labute approximate surface area is 127 Å². The lowest BCUT2D eigenvalue weighted by Crippen LogP contribution is -2.11. The second kappa shape index (κ2) is 5.85. The van der Waals surface area contributed by atoms with Crippen LogP contribution < -0.4 is 4.74 Å². The molecule has 0 saturated heterocycles. The minimum absolute atomic E-state index is 0.139. The maximum Gasteiger partial charge on any atom is 0.341 e. The number of nitrogens with zero attached hydrogens (tertiary/aromatic N) is 2. The highest BCUT2D eigenvalue weighted by Gasteiger charge is 2.10. The molecule has 6 heteroatoms. The van der Waals surface area contributed by atoms with Crippen LogP contribution in [0.3, 0.4) is 0 Å². The van der Waals surface area contributed by atoms with Gasteiger partial charge in [0.15, 0.2) is 0 Å². The molecule has 0 bridgehead atoms. The number of aromatic nitrogens is 3. The molecule has 0 aliphatic rings. The zero-order valence-electron chi connectivity index (χ0n) is 12.3. The minimum Gasteiger partial charge on any atom is -0.457 e. The number of aromatic amines is 1. The molecule has 0 saturated carbocycles. The van der Waals surface area contributed by atoms with Gasteiger partial charge in [0.05, 0.1) is 5.56 Å². The summed E-state index contributed by atoms with van der Waals surface area (Å²) in [6.45, 7) is 3.82. The standard InChI is InChI=1S/C16H15N3O3/c1-10-3-6-15(11(2)7-10)21-9-22-16(20)12-4-5-13-14(8-12)18-19-17-13/h3-8H,9H2,1-2H3,(H,17,18,19). The Morgan fingerprint density at radius 2 is 1.91 bits per heavy atom. The Morgan fingerprint density at radius 1 is 1.09 bits per heavy atom. The van der Waals surface area contributed by atoms with Crippen LogP contribution in [0, 0.1) is 13.8 Å². The third kappa shape index (κ3) is 2.90. The van der Waals surface area contributed by atoms with E-state index in [0.717, 1.165) is 11.1 Å². The predicted molar refractivity (Wildman–Crippen MR) is 80.7 cm³/mol. The average Bonchev–Trinajstić information content (AvgIpc) is 2.96. The first-order chi connectivity index (χ1) is 10.6. The summed E-state index contributed by atoms with van der Waals surface area (Å²) in [5.74, 6) is 0.236. The minimum atomic E-state index is -0.463. The summed E-state index contributed by atoms with van der Waals surface area (Å²) in [6, 6.07) is 10.8. The van der Waals surface area contributed by atoms with Crippen molar-refractivity contribution in [3.8, 4) is 5.75 Å². The second-order valence-corrected chi connectivity index (χ2v) is 4.99. The Kier molecular flexibility index (Phi) is 3.74. The normalized spacial score (nSPS) is 10.6. The maximum absolute atomic E-state index is 12.0. The lowest BCUT2D eigenvalue weighted by Gasteiger charge is -2.10. The number of fused-ring (bicyclic) bond motifs is 1. The number of hydrogen-bond acceptors (Lipinski definition) is 5. The molecule has 2 aromatic carbocycles. The lowest BCUT2D eigenvalue weighted by atomic mass is 10.1. The number of carbonyl (C=O) groups is 1. The van der Waals surface area contributed by atoms with E-state index in [1.165, 1.54) is 0 Å². The molecule has 0 fully saturated rings. The van der Waals surface area contributed by atoms with Crippen LogP contribution in [0.2, 0.25) is 0 Å². The summed E-state index contributed by atoms with van der Waals surface area (Å²) in [4.78, 5) is 12.0. The van der Waals surface area contributed by atoms with Gasteiger partial charge in [-0.15, -0.1) is 0 Å². The van der Waals surface area contributed by atoms with E-state index >= 15 is 0 Å². The quantitative estimate of drug-likeness (QED) is 0.592. The van der Waals surface area contributed by atoms with Crippen molar-refractivity contribution < 1.29 is 14.3 Å². The van der Waals surface area contributed by atoms with E-state index in [2.05, 4.69) is 15.4 Å². The number of hydrogen-bond donors (Lipinski definition) is 1. The predicted octanol–water partition coefficient (Wildman–Crippen LogP) is 2.77. The van der Waals surface area contributed by atoms with Gasteiger partial charge in [0.25, 0.3) is 0 Å². The van der Waals surface area contributed by atoms with Crippen LogP contribution in [-0.4, -0.2) is 28.2 Å². The van der Waals surface area contributed by atoms with Gasteiger partial charge in [-0.3, -0.25) is 0 Å². The third-order valence-corrected chi connectivity index (χ3v) is 3.29. The van der Waals surface area contributed by atoms with Crippen molar-refractivity contribution in [1.29, 1.82) is 0 Å². The van der Waals surface area contributed by atoms with E-state index < -0.39 is 5.97 Å². The summed E-state index contributed by atoms with van der Waals surface area (Å²) >= 11 is 0. The molecule has 0 radical (unpaired) electrons. The van der Waals surface area contributed by atoms with Gasteiger partial charge in [-0.1, -0.05) is 17.7 Å². The molecule has 1 heterocycles. The monoisotopic (exact) mass is 297 g/mol. The molecule has 3 rings (SSSR count). The summed E-state index contributed by atoms with van der Waals surface area (Å²) in [5, 5.41) is 10.4. The summed E-state index contributed by atoms with van der Waals surface area (Å²) in [7, 11) is 0. The second-order valence-electron chi connectivity index (χ2n) is 4.99. The summed E-state index contributed by atoms with van der Waals surface area (Å²) < 4.78 is 10.6. The number of benzene rings is 2. The molecular weight excluding hydrogens is 282 g/mol. The van der Waals surface area contributed by atoms with Crippen LogP contribution in [0.15, 0.2) is 36.4 Å². The molecule has 6 nitrogen and oxygen atoms in total. The van der Waals surface area contributed by atoms with E-state index in [4.69, 9.17) is 9.47 Å². The molecule has 22 heavy (non-hydrogen) atoms. The first-order valence-corrected chi connectivity index (χ1v) is 6.81. The van der Waals surface area contributed by atoms with Gasteiger partial charge in [0.1, 0.15) is 16.8 Å². The number of rotatable bonds is 4. The fraction of sp³-hybridized carbons (Fsp3) is 0.188. The van der Waals surface area contributed by atoms with Gasteiger partial charge in [-0.2, -0.15) is 15.4 Å². The SMILES string of the molecule is Cc1ccc(OCOC(=O)c2ccc3n[nH]nc3c2)c(C)c1. The van der Waals surface area contributed by atoms with Gasteiger partial charge < -0.3 is 9.47 Å². The molecule has 0 aliphatic heterocycles. The zero-order chi connectivity index (χ0) is 15.5. The number of ether oxygens (including phenoxy) is 2. The van der Waals surface area contributed by atoms with Crippen LogP contribution in [0.1, 0.15) is 21.5 Å². The third-order valence-electron chi connectivity index (χ3n) is 3.29. The van der Waals surface area contributed by atoms with Crippen LogP contribution in [0.5, 0.6) is 5.75 Å². The Balaban J connectivity index is 1.62. The number of aryl methyl sites for hydroxylation is 2. The fourth-order valence-corrected chi connectivity index (χ4v) is 2.16. The smallest absolute Gasteiger partial charge is 0.341 e. The van der Waals surface area contributed by atoms with Crippen molar-refractivity contribution in [2.24, 2.45) is 0 Å². The Hall–Kier alpha value is -2.89. The Morgan fingerprint density at radius 3 is 2.73 bits per heavy atom. The first kappa shape index (κ1) is 14.1. The van der Waals surface area contributed by atoms with E-state index in [-0.39, 0.29) is 6.79 Å². The molecule has 0 spiro atoms. The summed E-state index contributed by atoms with van der Waals surface area (Å²) in [6.07, 6.45) is 0. The highest BCUT2D eigenvalue weighted by atomic mass is 16.7. The average molecular weight is 297 g/mol. The van der Waals surface area contributed by atoms with Crippen molar-refractivity contribution in [1.82, 2.24) is 15.4 Å². The number of esters is 1. The fourth-order valence-electron chi connectivity index (χ4n) is 2.16. The number of carbonyl (C=O) groups excluding carboxylic acids is 1. The van der Waals surface area contributed by atoms with Crippen LogP contribution in [-0.2, 0) is 4.74 Å². The van der Waals surface area contributed by atoms with Gasteiger partial charge in [-0.05, 0) is 43.7 Å². The van der Waals surface area contributed by atoms with E-state index in [0.29, 0.717) is 22.3 Å². The molecule has 0 unspecified atom stereocenters. The highest BCUT2D eigenvalue weighted by Crippen LogP contribution is 2.19. The molecular formula is C16H15N3O3. The van der Waals surface area contributed by atoms with Crippen molar-refractivity contribution >= 4 is 17.0 Å².